The molecule has 1 aromatic rings. The third-order valence-corrected chi connectivity index (χ3v) is 3.25. The third kappa shape index (κ3) is 1.96. The van der Waals surface area contributed by atoms with Crippen molar-refractivity contribution in [3.05, 3.63) is 21.9 Å². The number of thioether (sulfide) groups is 1. The number of nitro groups is 1. The molecule has 1 aliphatic rings. The number of amidine groups is 1. The summed E-state index contributed by atoms with van der Waals surface area (Å²) < 4.78 is 1.08. The SMILES string of the molecule is CSC1=NCCN1C(=O)c1cnn(C)c1[N+](=O)[O-]. The molecule has 0 unspecified atom stereocenters. The fourth-order valence-corrected chi connectivity index (χ4v) is 2.35. The molecule has 2 heterocycles. The molecule has 8 nitrogen and oxygen atoms in total. The van der Waals surface area contributed by atoms with Crippen LogP contribution in [0.3, 0.4) is 0 Å². The van der Waals surface area contributed by atoms with Crippen LogP contribution in [0.4, 0.5) is 5.82 Å². The standard InChI is InChI=1S/C9H11N5O3S/c1-12-7(14(16)17)6(5-11-12)8(15)13-4-3-10-9(13)18-2/h5H,3-4H2,1-2H3. The topological polar surface area (TPSA) is 93.6 Å². The summed E-state index contributed by atoms with van der Waals surface area (Å²) in [5.41, 5.74) is -0.00819. The molecule has 0 saturated heterocycles. The molecule has 9 heteroatoms. The lowest BCUT2D eigenvalue weighted by molar-refractivity contribution is -0.392. The lowest BCUT2D eigenvalue weighted by atomic mass is 10.3. The minimum atomic E-state index is -0.605. The molecule has 0 radical (unpaired) electrons. The molecule has 96 valence electrons. The summed E-state index contributed by atoms with van der Waals surface area (Å²) in [6.07, 6.45) is 3.03. The maximum atomic E-state index is 12.2. The van der Waals surface area contributed by atoms with Crippen molar-refractivity contribution in [2.45, 2.75) is 0 Å². The lowest BCUT2D eigenvalue weighted by Gasteiger charge is -2.15. The predicted octanol–water partition coefficient (Wildman–Crippen LogP) is 0.503. The van der Waals surface area contributed by atoms with Crippen LogP contribution in [-0.2, 0) is 7.05 Å². The molecule has 18 heavy (non-hydrogen) atoms. The first-order chi connectivity index (χ1) is 8.56. The fourth-order valence-electron chi connectivity index (χ4n) is 1.73. The average molecular weight is 269 g/mol. The highest BCUT2D eigenvalue weighted by atomic mass is 32.2. The molecular formula is C9H11N5O3S. The van der Waals surface area contributed by atoms with Crippen LogP contribution >= 0.6 is 11.8 Å². The molecule has 1 aliphatic heterocycles. The van der Waals surface area contributed by atoms with Gasteiger partial charge in [-0.2, -0.15) is 0 Å². The maximum Gasteiger partial charge on any atom is 0.357 e. The van der Waals surface area contributed by atoms with Crippen molar-refractivity contribution in [1.29, 1.82) is 0 Å². The molecule has 0 saturated carbocycles. The van der Waals surface area contributed by atoms with E-state index < -0.39 is 10.8 Å². The number of nitrogens with zero attached hydrogens (tertiary/aromatic N) is 5. The molecule has 0 spiro atoms. The van der Waals surface area contributed by atoms with Gasteiger partial charge in [0.15, 0.2) is 10.7 Å². The molecule has 1 aromatic heterocycles. The van der Waals surface area contributed by atoms with Gasteiger partial charge in [0, 0.05) is 6.54 Å². The molecule has 0 aromatic carbocycles. The van der Waals surface area contributed by atoms with Gasteiger partial charge in [-0.15, -0.1) is 4.68 Å². The van der Waals surface area contributed by atoms with Crippen LogP contribution in [0.15, 0.2) is 11.2 Å². The second-order valence-electron chi connectivity index (χ2n) is 3.59. The third-order valence-electron chi connectivity index (χ3n) is 2.54. The van der Waals surface area contributed by atoms with E-state index in [0.717, 1.165) is 4.68 Å². The zero-order valence-corrected chi connectivity index (χ0v) is 10.7. The Balaban J connectivity index is 2.35. The Bertz CT molecular complexity index is 538. The van der Waals surface area contributed by atoms with Crippen LogP contribution in [0.2, 0.25) is 0 Å². The Morgan fingerprint density at radius 3 is 2.94 bits per heavy atom. The first kappa shape index (κ1) is 12.6. The fraction of sp³-hybridized carbons (Fsp3) is 0.444. The number of carbonyl (C=O) groups is 1. The van der Waals surface area contributed by atoms with Crippen molar-refractivity contribution in [3.63, 3.8) is 0 Å². The van der Waals surface area contributed by atoms with Crippen molar-refractivity contribution < 1.29 is 9.72 Å². The van der Waals surface area contributed by atoms with Gasteiger partial charge >= 0.3 is 5.82 Å². The van der Waals surface area contributed by atoms with E-state index in [1.54, 1.807) is 0 Å². The van der Waals surface area contributed by atoms with Gasteiger partial charge in [0.25, 0.3) is 5.91 Å². The van der Waals surface area contributed by atoms with E-state index in [1.165, 1.54) is 29.9 Å². The normalized spacial score (nSPS) is 14.8. The molecule has 1 amide bonds. The largest absolute Gasteiger partial charge is 0.358 e. The summed E-state index contributed by atoms with van der Waals surface area (Å²) in [4.78, 5) is 28.1. The summed E-state index contributed by atoms with van der Waals surface area (Å²) in [5, 5.41) is 15.3. The van der Waals surface area contributed by atoms with E-state index in [4.69, 9.17) is 0 Å². The maximum absolute atomic E-state index is 12.2. The Kier molecular flexibility index (Phi) is 3.32. The highest BCUT2D eigenvalue weighted by Gasteiger charge is 2.32. The van der Waals surface area contributed by atoms with Gasteiger partial charge in [-0.25, -0.2) is 0 Å². The molecule has 2 rings (SSSR count). The highest BCUT2D eigenvalue weighted by Crippen LogP contribution is 2.22. The number of aliphatic imine (C=N–C) groups is 1. The van der Waals surface area contributed by atoms with E-state index >= 15 is 0 Å². The van der Waals surface area contributed by atoms with Gasteiger partial charge in [-0.3, -0.25) is 14.7 Å². The highest BCUT2D eigenvalue weighted by molar-refractivity contribution is 8.13. The van der Waals surface area contributed by atoms with E-state index in [1.807, 2.05) is 6.26 Å². The summed E-state index contributed by atoms with van der Waals surface area (Å²) in [6.45, 7) is 0.969. The van der Waals surface area contributed by atoms with Crippen molar-refractivity contribution in [2.75, 3.05) is 19.3 Å². The summed E-state index contributed by atoms with van der Waals surface area (Å²) >= 11 is 1.34. The minimum absolute atomic E-state index is 0.00819. The first-order valence-corrected chi connectivity index (χ1v) is 6.35. The second kappa shape index (κ2) is 4.77. The summed E-state index contributed by atoms with van der Waals surface area (Å²) in [7, 11) is 1.43. The number of carbonyl (C=O) groups excluding carboxylic acids is 1. The molecular weight excluding hydrogens is 258 g/mol. The number of hydrogen-bond donors (Lipinski definition) is 0. The Hall–Kier alpha value is -1.90. The van der Waals surface area contributed by atoms with Crippen molar-refractivity contribution in [3.8, 4) is 0 Å². The van der Waals surface area contributed by atoms with Gasteiger partial charge < -0.3 is 10.1 Å². The number of rotatable bonds is 2. The number of aromatic nitrogens is 2. The van der Waals surface area contributed by atoms with Crippen LogP contribution in [-0.4, -0.2) is 50.0 Å². The lowest BCUT2D eigenvalue weighted by Crippen LogP contribution is -2.32. The average Bonchev–Trinajstić information content (AvgIpc) is 2.93. The second-order valence-corrected chi connectivity index (χ2v) is 4.36. The van der Waals surface area contributed by atoms with E-state index in [9.17, 15) is 14.9 Å². The molecule has 0 N–H and O–H groups in total. The van der Waals surface area contributed by atoms with Gasteiger partial charge in [-0.05, 0) is 11.2 Å². The monoisotopic (exact) mass is 269 g/mol. The molecule has 0 atom stereocenters. The van der Waals surface area contributed by atoms with Crippen LogP contribution in [0.1, 0.15) is 10.4 Å². The quantitative estimate of drug-likeness (QED) is 0.575. The van der Waals surface area contributed by atoms with Crippen LogP contribution in [0.5, 0.6) is 0 Å². The smallest absolute Gasteiger partial charge is 0.357 e. The van der Waals surface area contributed by atoms with Crippen LogP contribution < -0.4 is 0 Å². The summed E-state index contributed by atoms with van der Waals surface area (Å²) in [6, 6.07) is 0. The predicted molar refractivity (Wildman–Crippen MR) is 66.7 cm³/mol. The van der Waals surface area contributed by atoms with E-state index in [2.05, 4.69) is 10.1 Å². The van der Waals surface area contributed by atoms with Crippen molar-refractivity contribution in [2.24, 2.45) is 12.0 Å². The number of hydrogen-bond acceptors (Lipinski definition) is 6. The Labute approximate surface area is 107 Å². The Morgan fingerprint density at radius 1 is 1.61 bits per heavy atom. The van der Waals surface area contributed by atoms with Crippen molar-refractivity contribution >= 4 is 28.7 Å². The van der Waals surface area contributed by atoms with Gasteiger partial charge in [0.2, 0.25) is 0 Å². The minimum Gasteiger partial charge on any atom is -0.358 e. The van der Waals surface area contributed by atoms with Crippen molar-refractivity contribution in [1.82, 2.24) is 14.7 Å². The van der Waals surface area contributed by atoms with Crippen LogP contribution in [0.25, 0.3) is 0 Å². The van der Waals surface area contributed by atoms with E-state index in [0.29, 0.717) is 18.3 Å². The summed E-state index contributed by atoms with van der Waals surface area (Å²) in [5.74, 6) is -0.729. The molecule has 0 aliphatic carbocycles. The first-order valence-electron chi connectivity index (χ1n) is 5.13. The zero-order chi connectivity index (χ0) is 13.3. The number of aryl methyl sites for hydroxylation is 1. The Morgan fingerprint density at radius 2 is 2.33 bits per heavy atom. The van der Waals surface area contributed by atoms with Crippen LogP contribution in [0, 0.1) is 10.1 Å². The van der Waals surface area contributed by atoms with Gasteiger partial charge in [-0.1, -0.05) is 16.9 Å². The molecule has 0 fully saturated rings. The van der Waals surface area contributed by atoms with E-state index in [-0.39, 0.29) is 11.4 Å². The van der Waals surface area contributed by atoms with Gasteiger partial charge in [0.1, 0.15) is 7.05 Å². The molecule has 0 bridgehead atoms. The number of amides is 1. The van der Waals surface area contributed by atoms with Gasteiger partial charge in [0.05, 0.1) is 12.7 Å². The zero-order valence-electron chi connectivity index (χ0n) is 9.86.